The molecule has 2 aliphatic rings. The highest BCUT2D eigenvalue weighted by Gasteiger charge is 2.41. The minimum Gasteiger partial charge on any atom is -0.343 e. The molecule has 0 amide bonds. The van der Waals surface area contributed by atoms with Gasteiger partial charge in [-0.3, -0.25) is 4.98 Å². The van der Waals surface area contributed by atoms with E-state index in [4.69, 9.17) is 0 Å². The minimum absolute atomic E-state index is 0.542. The molecule has 0 spiro atoms. The van der Waals surface area contributed by atoms with Crippen molar-refractivity contribution in [2.24, 2.45) is 0 Å². The predicted octanol–water partition coefficient (Wildman–Crippen LogP) is 3.98. The average Bonchev–Trinajstić information content (AvgIpc) is 3.07. The van der Waals surface area contributed by atoms with Crippen molar-refractivity contribution in [2.45, 2.75) is 38.8 Å². The molecular weight excluding hydrogens is 294 g/mol. The summed E-state index contributed by atoms with van der Waals surface area (Å²) in [6.45, 7) is 7.54. The molecule has 0 N–H and O–H groups in total. The summed E-state index contributed by atoms with van der Waals surface area (Å²) in [5.74, 6) is 1.12. The number of hydrogen-bond donors (Lipinski definition) is 0. The van der Waals surface area contributed by atoms with Gasteiger partial charge in [-0.2, -0.15) is 0 Å². The van der Waals surface area contributed by atoms with E-state index in [0.717, 1.165) is 25.3 Å². The highest BCUT2D eigenvalue weighted by Crippen LogP contribution is 2.48. The molecule has 3 nitrogen and oxygen atoms in total. The molecule has 0 saturated carbocycles. The third-order valence-corrected chi connectivity index (χ3v) is 5.88. The standard InChI is InChI=1S/C21H23N3/c1-13-4-7-20-16(8-13)18-10-23(3)11-19-17(12-24(20)21(18)19)15-6-5-14(2)22-9-15/h4-9,17,19H,10-12H2,1-3H3. The molecule has 0 saturated heterocycles. The Morgan fingerprint density at radius 1 is 1.04 bits per heavy atom. The SMILES string of the molecule is Cc1ccc2c(c1)c1c3n2CC(c2ccc(C)nc2)C3CN(C)C1. The van der Waals surface area contributed by atoms with Gasteiger partial charge in [0, 0.05) is 60.0 Å². The lowest BCUT2D eigenvalue weighted by Crippen LogP contribution is -2.31. The summed E-state index contributed by atoms with van der Waals surface area (Å²) in [7, 11) is 2.25. The van der Waals surface area contributed by atoms with Crippen molar-refractivity contribution in [1.82, 2.24) is 14.5 Å². The van der Waals surface area contributed by atoms with Gasteiger partial charge in [-0.05, 0) is 50.2 Å². The van der Waals surface area contributed by atoms with Gasteiger partial charge in [-0.15, -0.1) is 0 Å². The van der Waals surface area contributed by atoms with E-state index in [-0.39, 0.29) is 0 Å². The van der Waals surface area contributed by atoms with Gasteiger partial charge in [0.05, 0.1) is 0 Å². The van der Waals surface area contributed by atoms with Gasteiger partial charge >= 0.3 is 0 Å². The first-order chi connectivity index (χ1) is 11.6. The average molecular weight is 317 g/mol. The number of pyridine rings is 1. The first-order valence-electron chi connectivity index (χ1n) is 8.84. The maximum atomic E-state index is 4.55. The summed E-state index contributed by atoms with van der Waals surface area (Å²) < 4.78 is 2.59. The molecule has 0 fully saturated rings. The molecule has 0 bridgehead atoms. The maximum Gasteiger partial charge on any atom is 0.0486 e. The van der Waals surface area contributed by atoms with E-state index >= 15 is 0 Å². The summed E-state index contributed by atoms with van der Waals surface area (Å²) in [5, 5.41) is 1.46. The smallest absolute Gasteiger partial charge is 0.0486 e. The Kier molecular flexibility index (Phi) is 2.93. The van der Waals surface area contributed by atoms with Gasteiger partial charge in [0.2, 0.25) is 0 Å². The van der Waals surface area contributed by atoms with E-state index in [1.807, 2.05) is 0 Å². The number of aryl methyl sites for hydroxylation is 2. The van der Waals surface area contributed by atoms with Gasteiger partial charge in [-0.1, -0.05) is 17.7 Å². The third kappa shape index (κ3) is 1.91. The lowest BCUT2D eigenvalue weighted by molar-refractivity contribution is 0.273. The van der Waals surface area contributed by atoms with E-state index < -0.39 is 0 Å². The van der Waals surface area contributed by atoms with Gasteiger partial charge < -0.3 is 9.47 Å². The van der Waals surface area contributed by atoms with E-state index in [1.165, 1.54) is 22.0 Å². The van der Waals surface area contributed by atoms with Gasteiger partial charge in [0.25, 0.3) is 0 Å². The van der Waals surface area contributed by atoms with Crippen LogP contribution in [0.15, 0.2) is 36.5 Å². The van der Waals surface area contributed by atoms with Crippen molar-refractivity contribution in [2.75, 3.05) is 13.6 Å². The Morgan fingerprint density at radius 2 is 1.92 bits per heavy atom. The van der Waals surface area contributed by atoms with Crippen molar-refractivity contribution in [3.8, 4) is 0 Å². The van der Waals surface area contributed by atoms with Crippen LogP contribution in [-0.4, -0.2) is 28.0 Å². The quantitative estimate of drug-likeness (QED) is 0.677. The molecular formula is C21H23N3. The number of likely N-dealkylation sites (N-methyl/N-ethyl adjacent to an activating group) is 1. The minimum atomic E-state index is 0.542. The predicted molar refractivity (Wildman–Crippen MR) is 97.5 cm³/mol. The van der Waals surface area contributed by atoms with Gasteiger partial charge in [0.1, 0.15) is 0 Å². The fourth-order valence-corrected chi connectivity index (χ4v) is 4.78. The topological polar surface area (TPSA) is 21.1 Å². The summed E-state index contributed by atoms with van der Waals surface area (Å²) in [5.41, 5.74) is 8.38. The van der Waals surface area contributed by atoms with Crippen LogP contribution >= 0.6 is 0 Å². The van der Waals surface area contributed by atoms with E-state index in [9.17, 15) is 0 Å². The Labute approximate surface area is 142 Å². The summed E-state index contributed by atoms with van der Waals surface area (Å²) >= 11 is 0. The number of fused-ring (bicyclic) bond motifs is 3. The zero-order valence-electron chi connectivity index (χ0n) is 14.6. The monoisotopic (exact) mass is 317 g/mol. The molecule has 5 rings (SSSR count). The van der Waals surface area contributed by atoms with Gasteiger partial charge in [0.15, 0.2) is 0 Å². The molecule has 3 aromatic rings. The summed E-state index contributed by atoms with van der Waals surface area (Å²) in [6.07, 6.45) is 2.09. The van der Waals surface area contributed by atoms with E-state index in [2.05, 4.69) is 71.9 Å². The Hall–Kier alpha value is -2.13. The second kappa shape index (κ2) is 4.93. The molecule has 3 heteroatoms. The van der Waals surface area contributed by atoms with Crippen LogP contribution in [0.1, 0.15) is 39.9 Å². The number of benzene rings is 1. The zero-order chi connectivity index (χ0) is 16.4. The first kappa shape index (κ1) is 14.2. The maximum absolute atomic E-state index is 4.55. The largest absolute Gasteiger partial charge is 0.343 e. The second-order valence-electron chi connectivity index (χ2n) is 7.64. The van der Waals surface area contributed by atoms with Crippen LogP contribution in [0.4, 0.5) is 0 Å². The van der Waals surface area contributed by atoms with Crippen molar-refractivity contribution in [3.63, 3.8) is 0 Å². The first-order valence-corrected chi connectivity index (χ1v) is 8.84. The molecule has 2 aliphatic heterocycles. The Morgan fingerprint density at radius 3 is 2.71 bits per heavy atom. The van der Waals surface area contributed by atoms with Crippen molar-refractivity contribution >= 4 is 10.9 Å². The molecule has 24 heavy (non-hydrogen) atoms. The van der Waals surface area contributed by atoms with Crippen molar-refractivity contribution < 1.29 is 0 Å². The second-order valence-corrected chi connectivity index (χ2v) is 7.64. The molecule has 122 valence electrons. The van der Waals surface area contributed by atoms with Crippen molar-refractivity contribution in [1.29, 1.82) is 0 Å². The van der Waals surface area contributed by atoms with Gasteiger partial charge in [-0.25, -0.2) is 0 Å². The fourth-order valence-electron chi connectivity index (χ4n) is 4.78. The molecule has 0 radical (unpaired) electrons. The number of nitrogens with zero attached hydrogens (tertiary/aromatic N) is 3. The normalized spacial score (nSPS) is 23.0. The Balaban J connectivity index is 1.70. The van der Waals surface area contributed by atoms with Crippen molar-refractivity contribution in [3.05, 3.63) is 64.6 Å². The number of rotatable bonds is 1. The number of aromatic nitrogens is 2. The zero-order valence-corrected chi connectivity index (χ0v) is 14.6. The molecule has 2 unspecified atom stereocenters. The molecule has 1 aromatic carbocycles. The van der Waals surface area contributed by atoms with Crippen LogP contribution in [0.25, 0.3) is 10.9 Å². The van der Waals surface area contributed by atoms with Crippen LogP contribution in [0.3, 0.4) is 0 Å². The summed E-state index contributed by atoms with van der Waals surface area (Å²) in [4.78, 5) is 7.04. The van der Waals surface area contributed by atoms with Crippen LogP contribution in [-0.2, 0) is 13.1 Å². The molecule has 2 atom stereocenters. The van der Waals surface area contributed by atoms with Crippen LogP contribution in [0.2, 0.25) is 0 Å². The molecule has 2 aromatic heterocycles. The molecule has 4 heterocycles. The molecule has 0 aliphatic carbocycles. The summed E-state index contributed by atoms with van der Waals surface area (Å²) in [6, 6.07) is 11.4. The van der Waals surface area contributed by atoms with E-state index in [0.29, 0.717) is 11.8 Å². The number of hydrogen-bond acceptors (Lipinski definition) is 2. The van der Waals surface area contributed by atoms with Crippen LogP contribution in [0, 0.1) is 13.8 Å². The lowest BCUT2D eigenvalue weighted by atomic mass is 9.83. The van der Waals surface area contributed by atoms with Crippen LogP contribution < -0.4 is 0 Å². The van der Waals surface area contributed by atoms with Crippen LogP contribution in [0.5, 0.6) is 0 Å². The van der Waals surface area contributed by atoms with E-state index in [1.54, 1.807) is 11.3 Å². The highest BCUT2D eigenvalue weighted by molar-refractivity contribution is 5.87. The lowest BCUT2D eigenvalue weighted by Gasteiger charge is -2.31. The Bertz CT molecular complexity index is 936. The highest BCUT2D eigenvalue weighted by atomic mass is 15.1. The third-order valence-electron chi connectivity index (χ3n) is 5.88. The fraction of sp³-hybridized carbons (Fsp3) is 0.381.